The monoisotopic (exact) mass is 306 g/mol. The molecule has 0 heterocycles. The second-order valence-corrected chi connectivity index (χ2v) is 5.58. The molecule has 0 spiro atoms. The van der Waals surface area contributed by atoms with Crippen LogP contribution in [-0.2, 0) is 16.1 Å². The smallest absolute Gasteiger partial charge is 0.407 e. The maximum absolute atomic E-state index is 11.1. The van der Waals surface area contributed by atoms with Crippen molar-refractivity contribution in [2.75, 3.05) is 12.4 Å². The summed E-state index contributed by atoms with van der Waals surface area (Å²) in [5, 5.41) is 15.1. The van der Waals surface area contributed by atoms with Crippen LogP contribution in [0.15, 0.2) is 24.3 Å². The van der Waals surface area contributed by atoms with Crippen molar-refractivity contribution in [3.05, 3.63) is 29.8 Å². The number of carbonyl (C=O) groups is 2. The van der Waals surface area contributed by atoms with Gasteiger partial charge < -0.3 is 20.5 Å². The van der Waals surface area contributed by atoms with E-state index < -0.39 is 12.1 Å². The lowest BCUT2D eigenvalue weighted by molar-refractivity contribution is -0.142. The van der Waals surface area contributed by atoms with Gasteiger partial charge in [0.05, 0.1) is 13.0 Å². The lowest BCUT2D eigenvalue weighted by Gasteiger charge is -2.27. The zero-order valence-corrected chi connectivity index (χ0v) is 12.7. The number of aliphatic carboxylic acids is 1. The van der Waals surface area contributed by atoms with Crippen molar-refractivity contribution in [3.63, 3.8) is 0 Å². The van der Waals surface area contributed by atoms with Gasteiger partial charge in [0, 0.05) is 18.3 Å². The van der Waals surface area contributed by atoms with Crippen LogP contribution in [0.3, 0.4) is 0 Å². The number of carbonyl (C=O) groups excluding carboxylic acids is 1. The fourth-order valence-electron chi connectivity index (χ4n) is 2.74. The normalized spacial score (nSPS) is 21.0. The van der Waals surface area contributed by atoms with Gasteiger partial charge in [-0.15, -0.1) is 0 Å². The van der Waals surface area contributed by atoms with E-state index in [1.165, 1.54) is 7.11 Å². The van der Waals surface area contributed by atoms with Gasteiger partial charge in [-0.3, -0.25) is 4.79 Å². The van der Waals surface area contributed by atoms with E-state index in [4.69, 9.17) is 5.11 Å². The van der Waals surface area contributed by atoms with E-state index in [1.807, 2.05) is 24.3 Å². The van der Waals surface area contributed by atoms with E-state index in [1.54, 1.807) is 0 Å². The summed E-state index contributed by atoms with van der Waals surface area (Å²) < 4.78 is 4.54. The molecule has 0 bridgehead atoms. The van der Waals surface area contributed by atoms with Gasteiger partial charge in [0.1, 0.15) is 0 Å². The number of anilines is 1. The van der Waals surface area contributed by atoms with Gasteiger partial charge in [-0.25, -0.2) is 4.79 Å². The number of hydrogen-bond acceptors (Lipinski definition) is 4. The molecular weight excluding hydrogens is 284 g/mol. The van der Waals surface area contributed by atoms with Gasteiger partial charge in [-0.05, 0) is 43.4 Å². The van der Waals surface area contributed by atoms with Crippen LogP contribution < -0.4 is 10.6 Å². The summed E-state index contributed by atoms with van der Waals surface area (Å²) in [5.41, 5.74) is 1.97. The Morgan fingerprint density at radius 3 is 2.64 bits per heavy atom. The number of nitrogens with one attached hydrogen (secondary N) is 2. The highest BCUT2D eigenvalue weighted by atomic mass is 16.5. The summed E-state index contributed by atoms with van der Waals surface area (Å²) in [4.78, 5) is 22.0. The number of carboxylic acid groups (broad SMARTS) is 1. The minimum absolute atomic E-state index is 0.200. The van der Waals surface area contributed by atoms with Gasteiger partial charge in [0.25, 0.3) is 0 Å². The van der Waals surface area contributed by atoms with E-state index in [9.17, 15) is 9.59 Å². The topological polar surface area (TPSA) is 87.7 Å². The molecule has 3 N–H and O–H groups in total. The first kappa shape index (κ1) is 16.1. The predicted molar refractivity (Wildman–Crippen MR) is 82.7 cm³/mol. The number of carboxylic acids is 1. The molecular formula is C16H22N2O4. The molecule has 0 saturated heterocycles. The van der Waals surface area contributed by atoms with Crippen molar-refractivity contribution in [1.29, 1.82) is 0 Å². The Kier molecular flexibility index (Phi) is 5.63. The zero-order valence-electron chi connectivity index (χ0n) is 12.7. The van der Waals surface area contributed by atoms with Crippen molar-refractivity contribution in [3.8, 4) is 0 Å². The van der Waals surface area contributed by atoms with E-state index in [2.05, 4.69) is 15.4 Å². The first-order valence-corrected chi connectivity index (χ1v) is 7.48. The molecule has 1 aromatic rings. The standard InChI is InChI=1S/C16H22N2O4/c1-22-16(21)17-10-11-3-2-4-14(9-11)18-13-7-5-12(6-8-13)15(19)20/h2-4,9,12-13,18H,5-8,10H2,1H3,(H,17,21)(H,19,20)/t12-,13-. The van der Waals surface area contributed by atoms with Crippen LogP contribution in [0.4, 0.5) is 10.5 Å². The summed E-state index contributed by atoms with van der Waals surface area (Å²) >= 11 is 0. The van der Waals surface area contributed by atoms with Crippen LogP contribution >= 0.6 is 0 Å². The highest BCUT2D eigenvalue weighted by molar-refractivity contribution is 5.70. The van der Waals surface area contributed by atoms with Gasteiger partial charge in [0.15, 0.2) is 0 Å². The quantitative estimate of drug-likeness (QED) is 0.778. The second-order valence-electron chi connectivity index (χ2n) is 5.58. The van der Waals surface area contributed by atoms with Crippen LogP contribution in [0.25, 0.3) is 0 Å². The van der Waals surface area contributed by atoms with E-state index in [-0.39, 0.29) is 5.92 Å². The average molecular weight is 306 g/mol. The highest BCUT2D eigenvalue weighted by Gasteiger charge is 2.25. The zero-order chi connectivity index (χ0) is 15.9. The highest BCUT2D eigenvalue weighted by Crippen LogP contribution is 2.27. The molecule has 1 aromatic carbocycles. The summed E-state index contributed by atoms with van der Waals surface area (Å²) in [7, 11) is 1.33. The maximum atomic E-state index is 11.1. The SMILES string of the molecule is COC(=O)NCc1cccc(N[C@H]2CC[C@H](C(=O)O)CC2)c1. The third-order valence-corrected chi connectivity index (χ3v) is 4.00. The lowest BCUT2D eigenvalue weighted by Crippen LogP contribution is -2.29. The molecule has 0 unspecified atom stereocenters. The van der Waals surface area contributed by atoms with Crippen LogP contribution in [0.1, 0.15) is 31.2 Å². The minimum Gasteiger partial charge on any atom is -0.481 e. The molecule has 1 amide bonds. The van der Waals surface area contributed by atoms with Gasteiger partial charge in [-0.2, -0.15) is 0 Å². The van der Waals surface area contributed by atoms with Crippen LogP contribution in [-0.4, -0.2) is 30.3 Å². The molecule has 0 aromatic heterocycles. The fraction of sp³-hybridized carbons (Fsp3) is 0.500. The van der Waals surface area contributed by atoms with Crippen LogP contribution in [0, 0.1) is 5.92 Å². The number of benzene rings is 1. The number of hydrogen-bond donors (Lipinski definition) is 3. The molecule has 0 radical (unpaired) electrons. The Morgan fingerprint density at radius 2 is 2.00 bits per heavy atom. The fourth-order valence-corrected chi connectivity index (χ4v) is 2.74. The van der Waals surface area contributed by atoms with E-state index in [0.29, 0.717) is 12.6 Å². The number of rotatable bonds is 5. The Balaban J connectivity index is 1.85. The molecule has 1 fully saturated rings. The number of methoxy groups -OCH3 is 1. The van der Waals surface area contributed by atoms with Gasteiger partial charge in [0.2, 0.25) is 0 Å². The average Bonchev–Trinajstić information content (AvgIpc) is 2.53. The van der Waals surface area contributed by atoms with Crippen molar-refractivity contribution in [1.82, 2.24) is 5.32 Å². The molecule has 6 nitrogen and oxygen atoms in total. The van der Waals surface area contributed by atoms with Crippen molar-refractivity contribution in [2.24, 2.45) is 5.92 Å². The van der Waals surface area contributed by atoms with Gasteiger partial charge >= 0.3 is 12.1 Å². The molecule has 0 atom stereocenters. The van der Waals surface area contributed by atoms with E-state index >= 15 is 0 Å². The summed E-state index contributed by atoms with van der Waals surface area (Å²) in [6, 6.07) is 8.13. The van der Waals surface area contributed by atoms with Crippen molar-refractivity contribution in [2.45, 2.75) is 38.3 Å². The van der Waals surface area contributed by atoms with Crippen molar-refractivity contribution < 1.29 is 19.4 Å². The minimum atomic E-state index is -0.686. The van der Waals surface area contributed by atoms with E-state index in [0.717, 1.165) is 36.9 Å². The summed E-state index contributed by atoms with van der Waals surface area (Å²) in [6.07, 6.45) is 2.71. The molecule has 1 aliphatic rings. The number of amides is 1. The maximum Gasteiger partial charge on any atom is 0.407 e. The van der Waals surface area contributed by atoms with Crippen molar-refractivity contribution >= 4 is 17.7 Å². The first-order chi connectivity index (χ1) is 10.6. The second kappa shape index (κ2) is 7.68. The summed E-state index contributed by atoms with van der Waals surface area (Å²) in [5.74, 6) is -0.886. The first-order valence-electron chi connectivity index (χ1n) is 7.48. The Morgan fingerprint density at radius 1 is 1.27 bits per heavy atom. The molecule has 0 aliphatic heterocycles. The largest absolute Gasteiger partial charge is 0.481 e. The predicted octanol–water partition coefficient (Wildman–Crippen LogP) is 2.60. The molecule has 22 heavy (non-hydrogen) atoms. The molecule has 120 valence electrons. The molecule has 6 heteroatoms. The number of alkyl carbamates (subject to hydrolysis) is 1. The van der Waals surface area contributed by atoms with Crippen LogP contribution in [0.2, 0.25) is 0 Å². The lowest BCUT2D eigenvalue weighted by atomic mass is 9.86. The van der Waals surface area contributed by atoms with Gasteiger partial charge in [-0.1, -0.05) is 12.1 Å². The number of ether oxygens (including phenoxy) is 1. The Bertz CT molecular complexity index is 525. The Hall–Kier alpha value is -2.24. The summed E-state index contributed by atoms with van der Waals surface area (Å²) in [6.45, 7) is 0.411. The molecule has 2 rings (SSSR count). The third kappa shape index (κ3) is 4.65. The molecule has 1 aliphatic carbocycles. The third-order valence-electron chi connectivity index (χ3n) is 4.00. The Labute approximate surface area is 129 Å². The molecule has 1 saturated carbocycles. The van der Waals surface area contributed by atoms with Crippen LogP contribution in [0.5, 0.6) is 0 Å².